The first-order valence-electron chi connectivity index (χ1n) is 7.01. The van der Waals surface area contributed by atoms with Gasteiger partial charge in [0.2, 0.25) is 0 Å². The molecule has 0 bridgehead atoms. The Hall–Kier alpha value is -2.93. The van der Waals surface area contributed by atoms with Crippen LogP contribution in [0.15, 0.2) is 42.5 Å². The van der Waals surface area contributed by atoms with E-state index < -0.39 is 5.97 Å². The van der Waals surface area contributed by atoms with E-state index in [2.05, 4.69) is 10.6 Å². The van der Waals surface area contributed by atoms with Crippen molar-refractivity contribution in [1.29, 1.82) is 0 Å². The summed E-state index contributed by atoms with van der Waals surface area (Å²) in [4.78, 5) is 23.2. The molecule has 0 aliphatic carbocycles. The summed E-state index contributed by atoms with van der Waals surface area (Å²) in [7, 11) is 1.45. The summed E-state index contributed by atoms with van der Waals surface area (Å²) >= 11 is 5.12. The molecule has 0 aromatic heterocycles. The number of aryl methyl sites for hydroxylation is 1. The third-order valence-corrected chi connectivity index (χ3v) is 3.41. The van der Waals surface area contributed by atoms with Gasteiger partial charge in [-0.05, 0) is 49.5 Å². The lowest BCUT2D eigenvalue weighted by Crippen LogP contribution is -2.34. The molecule has 24 heavy (non-hydrogen) atoms. The largest absolute Gasteiger partial charge is 0.495 e. The highest BCUT2D eigenvalue weighted by Gasteiger charge is 2.12. The van der Waals surface area contributed by atoms with Gasteiger partial charge in [0.05, 0.1) is 18.4 Å². The smallest absolute Gasteiger partial charge is 0.335 e. The van der Waals surface area contributed by atoms with Crippen molar-refractivity contribution in [2.24, 2.45) is 0 Å². The Morgan fingerprint density at radius 3 is 2.50 bits per heavy atom. The topological polar surface area (TPSA) is 87.7 Å². The van der Waals surface area contributed by atoms with Crippen molar-refractivity contribution >= 4 is 34.9 Å². The van der Waals surface area contributed by atoms with Crippen LogP contribution >= 0.6 is 12.2 Å². The molecule has 0 fully saturated rings. The van der Waals surface area contributed by atoms with Crippen molar-refractivity contribution in [3.63, 3.8) is 0 Å². The van der Waals surface area contributed by atoms with Crippen LogP contribution in [0.5, 0.6) is 5.75 Å². The van der Waals surface area contributed by atoms with Crippen LogP contribution in [0, 0.1) is 6.92 Å². The van der Waals surface area contributed by atoms with Gasteiger partial charge in [-0.25, -0.2) is 4.79 Å². The third-order valence-electron chi connectivity index (χ3n) is 3.20. The predicted octanol–water partition coefficient (Wildman–Crippen LogP) is 2.83. The SMILES string of the molecule is COc1ccc(C(=O)O)cc1NC(=S)NC(=O)c1cccc(C)c1. The van der Waals surface area contributed by atoms with E-state index in [1.54, 1.807) is 18.2 Å². The van der Waals surface area contributed by atoms with Gasteiger partial charge in [-0.15, -0.1) is 0 Å². The van der Waals surface area contributed by atoms with E-state index in [4.69, 9.17) is 22.1 Å². The molecule has 0 saturated heterocycles. The number of nitrogens with one attached hydrogen (secondary N) is 2. The van der Waals surface area contributed by atoms with Crippen LogP contribution in [0.3, 0.4) is 0 Å². The standard InChI is InChI=1S/C17H16N2O4S/c1-10-4-3-5-11(8-10)15(20)19-17(24)18-13-9-12(16(21)22)6-7-14(13)23-2/h3-9H,1-2H3,(H,21,22)(H2,18,19,20,24). The third kappa shape index (κ3) is 4.30. The summed E-state index contributed by atoms with van der Waals surface area (Å²) in [6, 6.07) is 11.4. The van der Waals surface area contributed by atoms with Crippen LogP contribution in [0.2, 0.25) is 0 Å². The fourth-order valence-electron chi connectivity index (χ4n) is 2.05. The molecule has 3 N–H and O–H groups in total. The zero-order valence-electron chi connectivity index (χ0n) is 13.1. The number of carbonyl (C=O) groups is 2. The van der Waals surface area contributed by atoms with Gasteiger partial charge in [0, 0.05) is 5.56 Å². The highest BCUT2D eigenvalue weighted by atomic mass is 32.1. The van der Waals surface area contributed by atoms with E-state index in [0.717, 1.165) is 5.56 Å². The van der Waals surface area contributed by atoms with E-state index in [1.165, 1.54) is 25.3 Å². The number of hydrogen-bond acceptors (Lipinski definition) is 4. The lowest BCUT2D eigenvalue weighted by molar-refractivity contribution is 0.0696. The van der Waals surface area contributed by atoms with Gasteiger partial charge in [0.1, 0.15) is 5.75 Å². The van der Waals surface area contributed by atoms with Crippen LogP contribution in [0.4, 0.5) is 5.69 Å². The lowest BCUT2D eigenvalue weighted by atomic mass is 10.1. The molecule has 0 aliphatic rings. The Balaban J connectivity index is 2.13. The highest BCUT2D eigenvalue weighted by Crippen LogP contribution is 2.25. The zero-order valence-corrected chi connectivity index (χ0v) is 13.9. The van der Waals surface area contributed by atoms with Gasteiger partial charge in [0.25, 0.3) is 5.91 Å². The second-order valence-corrected chi connectivity index (χ2v) is 5.41. The first-order valence-corrected chi connectivity index (χ1v) is 7.42. The minimum absolute atomic E-state index is 0.0438. The molecule has 2 aromatic rings. The van der Waals surface area contributed by atoms with Crippen LogP contribution in [-0.2, 0) is 0 Å². The van der Waals surface area contributed by atoms with Crippen molar-refractivity contribution < 1.29 is 19.4 Å². The fraction of sp³-hybridized carbons (Fsp3) is 0.118. The number of benzene rings is 2. The average Bonchev–Trinajstić information content (AvgIpc) is 2.54. The molecule has 2 aromatic carbocycles. The predicted molar refractivity (Wildman–Crippen MR) is 94.8 cm³/mol. The Kier molecular flexibility index (Phi) is 5.49. The molecule has 1 amide bonds. The summed E-state index contributed by atoms with van der Waals surface area (Å²) in [5, 5.41) is 14.4. The molecule has 124 valence electrons. The van der Waals surface area contributed by atoms with E-state index in [-0.39, 0.29) is 16.6 Å². The van der Waals surface area contributed by atoms with Crippen molar-refractivity contribution in [3.05, 3.63) is 59.2 Å². The number of ether oxygens (including phenoxy) is 1. The van der Waals surface area contributed by atoms with Crippen molar-refractivity contribution in [2.45, 2.75) is 6.92 Å². The van der Waals surface area contributed by atoms with E-state index in [9.17, 15) is 9.59 Å². The van der Waals surface area contributed by atoms with Crippen LogP contribution in [-0.4, -0.2) is 29.2 Å². The normalized spacial score (nSPS) is 9.92. The molecular formula is C17H16N2O4S. The number of carbonyl (C=O) groups excluding carboxylic acids is 1. The maximum Gasteiger partial charge on any atom is 0.335 e. The lowest BCUT2D eigenvalue weighted by Gasteiger charge is -2.13. The molecule has 0 aliphatic heterocycles. The minimum Gasteiger partial charge on any atom is -0.495 e. The summed E-state index contributed by atoms with van der Waals surface area (Å²) in [5.74, 6) is -1.02. The maximum absolute atomic E-state index is 12.2. The molecule has 0 saturated carbocycles. The second-order valence-electron chi connectivity index (χ2n) is 5.00. The summed E-state index contributed by atoms with van der Waals surface area (Å²) in [6.07, 6.45) is 0. The number of anilines is 1. The van der Waals surface area contributed by atoms with Gasteiger partial charge >= 0.3 is 5.97 Å². The zero-order chi connectivity index (χ0) is 17.7. The number of aromatic carboxylic acids is 1. The van der Waals surface area contributed by atoms with Gasteiger partial charge in [-0.2, -0.15) is 0 Å². The van der Waals surface area contributed by atoms with E-state index in [1.807, 2.05) is 13.0 Å². The number of rotatable bonds is 4. The molecule has 6 nitrogen and oxygen atoms in total. The Bertz CT molecular complexity index is 805. The summed E-state index contributed by atoms with van der Waals surface area (Å²) in [5.41, 5.74) is 1.86. The first kappa shape index (κ1) is 17.4. The van der Waals surface area contributed by atoms with Gasteiger partial charge < -0.3 is 15.2 Å². The van der Waals surface area contributed by atoms with Crippen molar-refractivity contribution in [3.8, 4) is 5.75 Å². The average molecular weight is 344 g/mol. The molecule has 0 radical (unpaired) electrons. The van der Waals surface area contributed by atoms with Crippen molar-refractivity contribution in [2.75, 3.05) is 12.4 Å². The molecular weight excluding hydrogens is 328 g/mol. The number of hydrogen-bond donors (Lipinski definition) is 3. The van der Waals surface area contributed by atoms with Crippen LogP contribution in [0.1, 0.15) is 26.3 Å². The van der Waals surface area contributed by atoms with E-state index in [0.29, 0.717) is 17.0 Å². The van der Waals surface area contributed by atoms with Gasteiger partial charge in [-0.1, -0.05) is 17.7 Å². The van der Waals surface area contributed by atoms with Gasteiger partial charge in [-0.3, -0.25) is 10.1 Å². The first-order chi connectivity index (χ1) is 11.4. The highest BCUT2D eigenvalue weighted by molar-refractivity contribution is 7.80. The quantitative estimate of drug-likeness (QED) is 0.739. The van der Waals surface area contributed by atoms with E-state index >= 15 is 0 Å². The number of carboxylic acids is 1. The number of methoxy groups -OCH3 is 1. The summed E-state index contributed by atoms with van der Waals surface area (Å²) < 4.78 is 5.16. The molecule has 0 spiro atoms. The molecule has 0 heterocycles. The number of thiocarbonyl (C=S) groups is 1. The van der Waals surface area contributed by atoms with Crippen LogP contribution < -0.4 is 15.4 Å². The second kappa shape index (κ2) is 7.56. The Morgan fingerprint density at radius 1 is 1.12 bits per heavy atom. The van der Waals surface area contributed by atoms with Crippen molar-refractivity contribution in [1.82, 2.24) is 5.32 Å². The molecule has 0 unspecified atom stereocenters. The monoisotopic (exact) mass is 344 g/mol. The number of carboxylic acid groups (broad SMARTS) is 1. The Labute approximate surface area is 144 Å². The fourth-order valence-corrected chi connectivity index (χ4v) is 2.26. The maximum atomic E-state index is 12.2. The number of amides is 1. The minimum atomic E-state index is -1.07. The molecule has 0 atom stereocenters. The van der Waals surface area contributed by atoms with Gasteiger partial charge in [0.15, 0.2) is 5.11 Å². The Morgan fingerprint density at radius 2 is 1.88 bits per heavy atom. The molecule has 7 heteroatoms. The summed E-state index contributed by atoms with van der Waals surface area (Å²) in [6.45, 7) is 1.88. The van der Waals surface area contributed by atoms with Crippen LogP contribution in [0.25, 0.3) is 0 Å². The molecule has 2 rings (SSSR count).